The van der Waals surface area contributed by atoms with Gasteiger partial charge in [-0.05, 0) is 14.1 Å². The molecular formula is C8H22N2S. The highest BCUT2D eigenvalue weighted by Crippen LogP contribution is 1.94. The van der Waals surface area contributed by atoms with Gasteiger partial charge in [0.2, 0.25) is 0 Å². The molecule has 0 heterocycles. The van der Waals surface area contributed by atoms with Crippen molar-refractivity contribution in [1.82, 2.24) is 10.6 Å². The summed E-state index contributed by atoms with van der Waals surface area (Å²) in [5.74, 6) is 2.44. The minimum absolute atomic E-state index is 1.12. The fourth-order valence-electron chi connectivity index (χ4n) is 0.451. The third-order valence-electron chi connectivity index (χ3n) is 0.993. The van der Waals surface area contributed by atoms with Crippen LogP contribution < -0.4 is 10.6 Å². The van der Waals surface area contributed by atoms with Crippen LogP contribution >= 0.6 is 11.8 Å². The number of thioether (sulfide) groups is 1. The first-order valence-corrected chi connectivity index (χ1v) is 5.44. The van der Waals surface area contributed by atoms with E-state index >= 15 is 0 Å². The molecule has 0 aliphatic heterocycles. The zero-order valence-electron chi connectivity index (χ0n) is 8.24. The summed E-state index contributed by atoms with van der Waals surface area (Å²) in [5.41, 5.74) is 0. The van der Waals surface area contributed by atoms with Gasteiger partial charge in [-0.25, -0.2) is 0 Å². The van der Waals surface area contributed by atoms with Gasteiger partial charge >= 0.3 is 0 Å². The highest BCUT2D eigenvalue weighted by molar-refractivity contribution is 7.99. The highest BCUT2D eigenvalue weighted by Gasteiger charge is 1.84. The Balaban J connectivity index is 0. The summed E-state index contributed by atoms with van der Waals surface area (Å²) in [6, 6.07) is 0. The fraction of sp³-hybridized carbons (Fsp3) is 1.00. The van der Waals surface area contributed by atoms with Gasteiger partial charge in [-0.3, -0.25) is 0 Å². The second-order valence-electron chi connectivity index (χ2n) is 1.82. The molecule has 0 aromatic carbocycles. The van der Waals surface area contributed by atoms with E-state index < -0.39 is 0 Å². The monoisotopic (exact) mass is 178 g/mol. The van der Waals surface area contributed by atoms with Gasteiger partial charge in [0, 0.05) is 24.6 Å². The zero-order valence-corrected chi connectivity index (χ0v) is 9.05. The van der Waals surface area contributed by atoms with Crippen molar-refractivity contribution in [3.8, 4) is 0 Å². The number of nitrogens with one attached hydrogen (secondary N) is 2. The Hall–Kier alpha value is 0.270. The normalized spacial score (nSPS) is 8.73. The van der Waals surface area contributed by atoms with Gasteiger partial charge in [-0.2, -0.15) is 11.8 Å². The Kier molecular flexibility index (Phi) is 21.0. The summed E-state index contributed by atoms with van der Waals surface area (Å²) in [4.78, 5) is 0. The maximum absolute atomic E-state index is 3.10. The third kappa shape index (κ3) is 17.9. The lowest BCUT2D eigenvalue weighted by molar-refractivity contribution is 0.858. The van der Waals surface area contributed by atoms with Crippen LogP contribution in [0.5, 0.6) is 0 Å². The lowest BCUT2D eigenvalue weighted by atomic mass is 10.7. The molecule has 0 aliphatic carbocycles. The van der Waals surface area contributed by atoms with Crippen molar-refractivity contribution in [2.24, 2.45) is 0 Å². The Morgan fingerprint density at radius 2 is 1.27 bits per heavy atom. The summed E-state index contributed by atoms with van der Waals surface area (Å²) in [6.07, 6.45) is 0. The molecule has 0 saturated carbocycles. The van der Waals surface area contributed by atoms with Crippen LogP contribution in [-0.2, 0) is 0 Å². The summed E-state index contributed by atoms with van der Waals surface area (Å²) in [7, 11) is 3.97. The summed E-state index contributed by atoms with van der Waals surface area (Å²) >= 11 is 1.98. The summed E-state index contributed by atoms with van der Waals surface area (Å²) in [5, 5.41) is 6.21. The molecule has 0 aromatic heterocycles. The molecule has 2 N–H and O–H groups in total. The minimum atomic E-state index is 1.12. The summed E-state index contributed by atoms with van der Waals surface area (Å²) < 4.78 is 0. The van der Waals surface area contributed by atoms with Crippen molar-refractivity contribution in [2.45, 2.75) is 13.8 Å². The average molecular weight is 178 g/mol. The lowest BCUT2D eigenvalue weighted by Gasteiger charge is -1.98. The van der Waals surface area contributed by atoms with Crippen LogP contribution in [0.15, 0.2) is 0 Å². The Morgan fingerprint density at radius 1 is 0.909 bits per heavy atom. The van der Waals surface area contributed by atoms with E-state index in [1.165, 1.54) is 11.5 Å². The van der Waals surface area contributed by atoms with E-state index in [0.717, 1.165) is 13.1 Å². The number of hydrogen-bond acceptors (Lipinski definition) is 3. The fourth-order valence-corrected chi connectivity index (χ4v) is 1.35. The maximum Gasteiger partial charge on any atom is 0.00584 e. The van der Waals surface area contributed by atoms with Crippen LogP contribution in [0.1, 0.15) is 13.8 Å². The van der Waals surface area contributed by atoms with Gasteiger partial charge in [-0.1, -0.05) is 13.8 Å². The topological polar surface area (TPSA) is 24.1 Å². The van der Waals surface area contributed by atoms with Gasteiger partial charge in [0.05, 0.1) is 0 Å². The lowest BCUT2D eigenvalue weighted by Crippen LogP contribution is -2.13. The first-order chi connectivity index (χ1) is 5.41. The third-order valence-corrected chi connectivity index (χ3v) is 1.98. The van der Waals surface area contributed by atoms with Crippen molar-refractivity contribution in [1.29, 1.82) is 0 Å². The molecule has 11 heavy (non-hydrogen) atoms. The van der Waals surface area contributed by atoms with Crippen LogP contribution in [0.4, 0.5) is 0 Å². The molecule has 0 amide bonds. The minimum Gasteiger partial charge on any atom is -0.319 e. The highest BCUT2D eigenvalue weighted by atomic mass is 32.2. The van der Waals surface area contributed by atoms with Crippen LogP contribution in [0, 0.1) is 0 Å². The van der Waals surface area contributed by atoms with Crippen LogP contribution in [0.3, 0.4) is 0 Å². The van der Waals surface area contributed by atoms with Crippen LogP contribution in [-0.4, -0.2) is 38.7 Å². The quantitative estimate of drug-likeness (QED) is 0.597. The standard InChI is InChI=1S/C6H16N2S.C2H6/c1-7-3-5-9-6-4-8-2;1-2/h7-8H,3-6H2,1-2H3;1-2H3. The maximum atomic E-state index is 3.10. The van der Waals surface area contributed by atoms with E-state index in [-0.39, 0.29) is 0 Å². The largest absolute Gasteiger partial charge is 0.319 e. The molecule has 0 fully saturated rings. The first-order valence-electron chi connectivity index (χ1n) is 4.28. The van der Waals surface area contributed by atoms with E-state index in [1.54, 1.807) is 0 Å². The van der Waals surface area contributed by atoms with Gasteiger partial charge in [0.25, 0.3) is 0 Å². The van der Waals surface area contributed by atoms with Gasteiger partial charge in [0.15, 0.2) is 0 Å². The van der Waals surface area contributed by atoms with Crippen LogP contribution in [0.25, 0.3) is 0 Å². The van der Waals surface area contributed by atoms with Crippen molar-refractivity contribution in [2.75, 3.05) is 38.7 Å². The molecule has 0 rings (SSSR count). The number of hydrogen-bond donors (Lipinski definition) is 2. The van der Waals surface area contributed by atoms with Gasteiger partial charge in [-0.15, -0.1) is 0 Å². The second-order valence-corrected chi connectivity index (χ2v) is 3.04. The zero-order chi connectivity index (χ0) is 8.95. The van der Waals surface area contributed by atoms with Crippen molar-refractivity contribution < 1.29 is 0 Å². The molecule has 0 aliphatic rings. The second kappa shape index (κ2) is 16.7. The molecule has 0 aromatic rings. The Bertz CT molecular complexity index is 45.4. The SMILES string of the molecule is CC.CNCCSCCNC. The van der Waals surface area contributed by atoms with E-state index in [2.05, 4.69) is 10.6 Å². The van der Waals surface area contributed by atoms with Crippen molar-refractivity contribution in [3.05, 3.63) is 0 Å². The molecule has 0 spiro atoms. The van der Waals surface area contributed by atoms with E-state index in [4.69, 9.17) is 0 Å². The smallest absolute Gasteiger partial charge is 0.00584 e. The van der Waals surface area contributed by atoms with E-state index in [9.17, 15) is 0 Å². The summed E-state index contributed by atoms with van der Waals surface area (Å²) in [6.45, 7) is 6.24. The first kappa shape index (κ1) is 13.8. The molecule has 70 valence electrons. The van der Waals surface area contributed by atoms with E-state index in [1.807, 2.05) is 39.7 Å². The van der Waals surface area contributed by atoms with Gasteiger partial charge < -0.3 is 10.6 Å². The molecule has 2 nitrogen and oxygen atoms in total. The average Bonchev–Trinajstić information content (AvgIpc) is 2.08. The molecule has 0 atom stereocenters. The molecule has 0 unspecified atom stereocenters. The molecule has 0 saturated heterocycles. The van der Waals surface area contributed by atoms with Crippen molar-refractivity contribution >= 4 is 11.8 Å². The van der Waals surface area contributed by atoms with Crippen molar-refractivity contribution in [3.63, 3.8) is 0 Å². The molecular weight excluding hydrogens is 156 g/mol. The molecule has 0 bridgehead atoms. The van der Waals surface area contributed by atoms with E-state index in [0.29, 0.717) is 0 Å². The van der Waals surface area contributed by atoms with Gasteiger partial charge in [0.1, 0.15) is 0 Å². The number of rotatable bonds is 6. The predicted octanol–water partition coefficient (Wildman–Crippen LogP) is 1.18. The Morgan fingerprint density at radius 3 is 1.55 bits per heavy atom. The van der Waals surface area contributed by atoms with Crippen LogP contribution in [0.2, 0.25) is 0 Å². The molecule has 0 radical (unpaired) electrons. The predicted molar refractivity (Wildman–Crippen MR) is 56.5 cm³/mol. The molecule has 3 heteroatoms. The Labute approximate surface area is 75.5 Å².